The monoisotopic (exact) mass is 369 g/mol. The van der Waals surface area contributed by atoms with Gasteiger partial charge < -0.3 is 20.1 Å². The second kappa shape index (κ2) is 9.48. The van der Waals surface area contributed by atoms with Gasteiger partial charge in [0.1, 0.15) is 12.4 Å². The van der Waals surface area contributed by atoms with Crippen LogP contribution in [0, 0.1) is 0 Å². The number of amides is 3. The van der Waals surface area contributed by atoms with E-state index < -0.39 is 11.9 Å². The van der Waals surface area contributed by atoms with E-state index in [2.05, 4.69) is 16.0 Å². The van der Waals surface area contributed by atoms with Gasteiger partial charge >= 0.3 is 6.03 Å². The van der Waals surface area contributed by atoms with Crippen LogP contribution in [0.1, 0.15) is 26.7 Å². The first-order valence-electron chi connectivity index (χ1n) is 8.32. The number of urea groups is 1. The molecule has 2 rings (SSSR count). The molecule has 1 aliphatic rings. The second-order valence-electron chi connectivity index (χ2n) is 6.12. The van der Waals surface area contributed by atoms with Crippen LogP contribution in [0.4, 0.5) is 10.5 Å². The first kappa shape index (κ1) is 19.3. The molecule has 3 N–H and O–H groups in total. The maximum Gasteiger partial charge on any atom is 0.321 e. The minimum Gasteiger partial charge on any atom is -0.489 e. The maximum atomic E-state index is 11.8. The van der Waals surface area contributed by atoms with Crippen molar-refractivity contribution in [3.8, 4) is 5.75 Å². The van der Waals surface area contributed by atoms with Gasteiger partial charge in [-0.1, -0.05) is 11.6 Å². The Kier molecular flexibility index (Phi) is 7.33. The molecule has 1 aliphatic heterocycles. The van der Waals surface area contributed by atoms with Crippen LogP contribution in [0.5, 0.6) is 5.75 Å². The Bertz CT molecular complexity index is 604. The predicted octanol–water partition coefficient (Wildman–Crippen LogP) is 2.54. The summed E-state index contributed by atoms with van der Waals surface area (Å²) in [6.45, 7) is 4.75. The zero-order valence-corrected chi connectivity index (χ0v) is 15.2. The summed E-state index contributed by atoms with van der Waals surface area (Å²) in [6.07, 6.45) is 2.11. The number of carbonyl (C=O) groups excluding carboxylic acids is 2. The molecule has 0 radical (unpaired) electrons. The van der Waals surface area contributed by atoms with Gasteiger partial charge in [-0.25, -0.2) is 4.79 Å². The van der Waals surface area contributed by atoms with Crippen molar-refractivity contribution in [1.29, 1.82) is 0 Å². The quantitative estimate of drug-likeness (QED) is 0.687. The highest BCUT2D eigenvalue weighted by molar-refractivity contribution is 6.30. The Morgan fingerprint density at radius 2 is 2.20 bits per heavy atom. The fourth-order valence-electron chi connectivity index (χ4n) is 2.37. The summed E-state index contributed by atoms with van der Waals surface area (Å²) in [5.74, 6) is 0.127. The maximum absolute atomic E-state index is 11.8. The highest BCUT2D eigenvalue weighted by Gasteiger charge is 2.17. The fourth-order valence-corrected chi connectivity index (χ4v) is 2.54. The van der Waals surface area contributed by atoms with Gasteiger partial charge in [0.2, 0.25) is 5.91 Å². The van der Waals surface area contributed by atoms with E-state index in [0.29, 0.717) is 23.1 Å². The van der Waals surface area contributed by atoms with Crippen molar-refractivity contribution in [2.45, 2.75) is 38.8 Å². The molecule has 1 unspecified atom stereocenters. The van der Waals surface area contributed by atoms with Crippen molar-refractivity contribution < 1.29 is 19.1 Å². The molecule has 0 spiro atoms. The number of nitrogens with one attached hydrogen (secondary N) is 3. The van der Waals surface area contributed by atoms with Gasteiger partial charge in [-0.05, 0) is 44.9 Å². The van der Waals surface area contributed by atoms with Crippen molar-refractivity contribution in [3.05, 3.63) is 23.2 Å². The summed E-state index contributed by atoms with van der Waals surface area (Å²) >= 11 is 6.02. The number of imide groups is 1. The number of ether oxygens (including phenoxy) is 2. The van der Waals surface area contributed by atoms with Crippen LogP contribution >= 0.6 is 11.6 Å². The molecule has 8 heteroatoms. The molecule has 0 bridgehead atoms. The fraction of sp³-hybridized carbons (Fsp3) is 0.529. The highest BCUT2D eigenvalue weighted by Crippen LogP contribution is 2.28. The van der Waals surface area contributed by atoms with E-state index in [1.54, 1.807) is 18.2 Å². The molecule has 0 saturated carbocycles. The Hall–Kier alpha value is -1.99. The largest absolute Gasteiger partial charge is 0.489 e. The van der Waals surface area contributed by atoms with Crippen molar-refractivity contribution >= 4 is 29.2 Å². The lowest BCUT2D eigenvalue weighted by Gasteiger charge is -2.16. The van der Waals surface area contributed by atoms with E-state index in [1.807, 2.05) is 13.8 Å². The van der Waals surface area contributed by atoms with Gasteiger partial charge in [-0.3, -0.25) is 10.1 Å². The number of anilines is 1. The topological polar surface area (TPSA) is 88.7 Å². The molecule has 1 saturated heterocycles. The summed E-state index contributed by atoms with van der Waals surface area (Å²) < 4.78 is 11.3. The van der Waals surface area contributed by atoms with E-state index >= 15 is 0 Å². The SMILES string of the molecule is CC(C)NC(=O)NC(=O)CNc1cc(Cl)ccc1OCC1CCCO1. The van der Waals surface area contributed by atoms with Crippen molar-refractivity contribution in [1.82, 2.24) is 10.6 Å². The van der Waals surface area contributed by atoms with Crippen LogP contribution in [0.15, 0.2) is 18.2 Å². The first-order valence-corrected chi connectivity index (χ1v) is 8.70. The molecule has 7 nitrogen and oxygen atoms in total. The van der Waals surface area contributed by atoms with Crippen molar-refractivity contribution in [2.75, 3.05) is 25.1 Å². The minimum absolute atomic E-state index is 0.0495. The molecule has 3 amide bonds. The average molecular weight is 370 g/mol. The second-order valence-corrected chi connectivity index (χ2v) is 6.55. The van der Waals surface area contributed by atoms with E-state index in [1.165, 1.54) is 0 Å². The Morgan fingerprint density at radius 3 is 2.88 bits per heavy atom. The lowest BCUT2D eigenvalue weighted by molar-refractivity contribution is -0.118. The molecular weight excluding hydrogens is 346 g/mol. The smallest absolute Gasteiger partial charge is 0.321 e. The van der Waals surface area contributed by atoms with Gasteiger partial charge in [0.15, 0.2) is 0 Å². The highest BCUT2D eigenvalue weighted by atomic mass is 35.5. The number of halogens is 1. The van der Waals surface area contributed by atoms with Crippen LogP contribution in [0.25, 0.3) is 0 Å². The van der Waals surface area contributed by atoms with Crippen LogP contribution in [-0.2, 0) is 9.53 Å². The standard InChI is InChI=1S/C17H24ClN3O4/c1-11(2)20-17(23)21-16(22)9-19-14-8-12(18)5-6-15(14)25-10-13-4-3-7-24-13/h5-6,8,11,13,19H,3-4,7,9-10H2,1-2H3,(H2,20,21,22,23). The zero-order chi connectivity index (χ0) is 18.2. The summed E-state index contributed by atoms with van der Waals surface area (Å²) in [6, 6.07) is 4.55. The summed E-state index contributed by atoms with van der Waals surface area (Å²) in [5.41, 5.74) is 0.588. The third kappa shape index (κ3) is 6.80. The third-order valence-corrected chi connectivity index (χ3v) is 3.74. The van der Waals surface area contributed by atoms with Gasteiger partial charge in [-0.15, -0.1) is 0 Å². The zero-order valence-electron chi connectivity index (χ0n) is 14.4. The van der Waals surface area contributed by atoms with Gasteiger partial charge in [0.25, 0.3) is 0 Å². The molecular formula is C17H24ClN3O4. The lowest BCUT2D eigenvalue weighted by atomic mass is 10.2. The number of rotatable bonds is 7. The van der Waals surface area contributed by atoms with Crippen LogP contribution in [0.3, 0.4) is 0 Å². The van der Waals surface area contributed by atoms with E-state index in [-0.39, 0.29) is 18.7 Å². The molecule has 0 aliphatic carbocycles. The van der Waals surface area contributed by atoms with E-state index in [0.717, 1.165) is 19.4 Å². The molecule has 138 valence electrons. The molecule has 1 heterocycles. The number of benzene rings is 1. The number of carbonyl (C=O) groups is 2. The van der Waals surface area contributed by atoms with Gasteiger partial charge in [0.05, 0.1) is 18.3 Å². The van der Waals surface area contributed by atoms with Gasteiger partial charge in [-0.2, -0.15) is 0 Å². The molecule has 1 aromatic carbocycles. The third-order valence-electron chi connectivity index (χ3n) is 3.50. The minimum atomic E-state index is -0.525. The Morgan fingerprint density at radius 1 is 1.40 bits per heavy atom. The van der Waals surface area contributed by atoms with Crippen molar-refractivity contribution in [3.63, 3.8) is 0 Å². The average Bonchev–Trinajstić information content (AvgIpc) is 3.04. The van der Waals surface area contributed by atoms with Crippen molar-refractivity contribution in [2.24, 2.45) is 0 Å². The molecule has 1 aromatic rings. The number of hydrogen-bond donors (Lipinski definition) is 3. The summed E-state index contributed by atoms with van der Waals surface area (Å²) in [7, 11) is 0. The van der Waals surface area contributed by atoms with E-state index in [9.17, 15) is 9.59 Å². The lowest BCUT2D eigenvalue weighted by Crippen LogP contribution is -2.44. The molecule has 1 atom stereocenters. The summed E-state index contributed by atoms with van der Waals surface area (Å²) in [4.78, 5) is 23.4. The van der Waals surface area contributed by atoms with E-state index in [4.69, 9.17) is 21.1 Å². The molecule has 1 fully saturated rings. The van der Waals surface area contributed by atoms with Crippen LogP contribution in [-0.4, -0.2) is 43.8 Å². The Labute approximate surface area is 152 Å². The predicted molar refractivity (Wildman–Crippen MR) is 96.2 cm³/mol. The number of hydrogen-bond acceptors (Lipinski definition) is 5. The molecule has 0 aromatic heterocycles. The van der Waals surface area contributed by atoms with Gasteiger partial charge in [0, 0.05) is 17.7 Å². The van der Waals surface area contributed by atoms with Crippen LogP contribution in [0.2, 0.25) is 5.02 Å². The first-order chi connectivity index (χ1) is 11.9. The van der Waals surface area contributed by atoms with Crippen LogP contribution < -0.4 is 20.7 Å². The normalized spacial score (nSPS) is 16.6. The Balaban J connectivity index is 1.87. The summed E-state index contributed by atoms with van der Waals surface area (Å²) in [5, 5.41) is 8.30. The molecule has 25 heavy (non-hydrogen) atoms.